The Morgan fingerprint density at radius 1 is 1.40 bits per heavy atom. The number of allylic oxidation sites excluding steroid dienone is 3. The van der Waals surface area contributed by atoms with E-state index in [0.29, 0.717) is 0 Å². The van der Waals surface area contributed by atoms with Gasteiger partial charge in [0.1, 0.15) is 0 Å². The van der Waals surface area contributed by atoms with Crippen molar-refractivity contribution in [2.24, 2.45) is 0 Å². The fourth-order valence-corrected chi connectivity index (χ4v) is 0. The molecule has 0 aliphatic heterocycles. The molecule has 0 saturated carbocycles. The van der Waals surface area contributed by atoms with E-state index in [1.165, 1.54) is 5.57 Å². The lowest BCUT2D eigenvalue weighted by Crippen LogP contribution is -1.64. The molecule has 0 nitrogen and oxygen atoms in total. The summed E-state index contributed by atoms with van der Waals surface area (Å²) in [4.78, 5) is 0. The van der Waals surface area contributed by atoms with Crippen molar-refractivity contribution in [1.29, 1.82) is 0 Å². The number of rotatable bonds is 2. The molecule has 0 aliphatic rings. The first-order valence-electron chi connectivity index (χ1n) is 3.02. The van der Waals surface area contributed by atoms with Crippen LogP contribution in [0.25, 0.3) is 0 Å². The summed E-state index contributed by atoms with van der Waals surface area (Å²) in [5.41, 5.74) is 2.19. The van der Waals surface area contributed by atoms with Gasteiger partial charge in [-0.1, -0.05) is 52.9 Å². The van der Waals surface area contributed by atoms with E-state index in [1.807, 2.05) is 13.8 Å². The zero-order valence-electron chi connectivity index (χ0n) is 6.78. The van der Waals surface area contributed by atoms with E-state index in [0.717, 1.165) is 10.9 Å². The number of alkyl halides is 1. The molecule has 0 aromatic heterocycles. The van der Waals surface area contributed by atoms with Crippen LogP contribution in [-0.4, -0.2) is 5.33 Å². The van der Waals surface area contributed by atoms with Gasteiger partial charge in [0.25, 0.3) is 0 Å². The van der Waals surface area contributed by atoms with Crippen molar-refractivity contribution in [2.75, 3.05) is 5.33 Å². The average molecular weight is 203 g/mol. The molecule has 0 atom stereocenters. The highest BCUT2D eigenvalue weighted by molar-refractivity contribution is 9.09. The maximum absolute atomic E-state index is 3.63. The monoisotopic (exact) mass is 202 g/mol. The molecule has 0 fully saturated rings. The molecule has 0 bridgehead atoms. The largest absolute Gasteiger partial charge is 0.0993 e. The van der Waals surface area contributed by atoms with Crippen LogP contribution < -0.4 is 0 Å². The third-order valence-electron chi connectivity index (χ3n) is 0.577. The van der Waals surface area contributed by atoms with Crippen LogP contribution in [-0.2, 0) is 0 Å². The van der Waals surface area contributed by atoms with E-state index in [1.54, 1.807) is 6.08 Å². The van der Waals surface area contributed by atoms with Crippen molar-refractivity contribution >= 4 is 15.9 Å². The second kappa shape index (κ2) is 8.70. The lowest BCUT2D eigenvalue weighted by atomic mass is 10.4. The van der Waals surface area contributed by atoms with E-state index >= 15 is 0 Å². The lowest BCUT2D eigenvalue weighted by molar-refractivity contribution is 1.46. The molecule has 0 heterocycles. The van der Waals surface area contributed by atoms with Crippen LogP contribution >= 0.6 is 15.9 Å². The second-order valence-electron chi connectivity index (χ2n) is 2.14. The smallest absolute Gasteiger partial charge is 0.0236 e. The molecule has 0 aliphatic carbocycles. The first-order valence-corrected chi connectivity index (χ1v) is 4.15. The van der Waals surface area contributed by atoms with Crippen molar-refractivity contribution in [3.8, 4) is 0 Å². The van der Waals surface area contributed by atoms with Crippen molar-refractivity contribution in [3.05, 3.63) is 37.0 Å². The van der Waals surface area contributed by atoms with E-state index in [2.05, 4.69) is 35.7 Å². The van der Waals surface area contributed by atoms with Crippen LogP contribution in [0.5, 0.6) is 0 Å². The minimum Gasteiger partial charge on any atom is -0.0993 e. The Kier molecular flexibility index (Phi) is 10.8. The van der Waals surface area contributed by atoms with Crippen molar-refractivity contribution in [3.63, 3.8) is 0 Å². The van der Waals surface area contributed by atoms with Crippen LogP contribution in [0, 0.1) is 0 Å². The van der Waals surface area contributed by atoms with Gasteiger partial charge in [-0.05, 0) is 13.8 Å². The fourth-order valence-electron chi connectivity index (χ4n) is 0. The number of hydrogen-bond donors (Lipinski definition) is 0. The molecule has 0 amide bonds. The standard InChI is InChI=1S/C5H8.C4H7Br/c1-4-5(2)3;1-4(2)3-5/h4H,1-2H2,3H3;1,3H2,2H3. The molecule has 0 rings (SSSR count). The molecule has 0 radical (unpaired) electrons. The van der Waals surface area contributed by atoms with Crippen molar-refractivity contribution < 1.29 is 0 Å². The fraction of sp³-hybridized carbons (Fsp3) is 0.333. The van der Waals surface area contributed by atoms with Gasteiger partial charge in [0.2, 0.25) is 0 Å². The van der Waals surface area contributed by atoms with E-state index < -0.39 is 0 Å². The van der Waals surface area contributed by atoms with Crippen LogP contribution in [0.15, 0.2) is 37.0 Å². The van der Waals surface area contributed by atoms with E-state index in [9.17, 15) is 0 Å². The van der Waals surface area contributed by atoms with Crippen molar-refractivity contribution in [1.82, 2.24) is 0 Å². The van der Waals surface area contributed by atoms with Gasteiger partial charge in [-0.2, -0.15) is 0 Å². The lowest BCUT2D eigenvalue weighted by Gasteiger charge is -1.77. The van der Waals surface area contributed by atoms with E-state index in [4.69, 9.17) is 0 Å². The molecule has 0 unspecified atom stereocenters. The van der Waals surface area contributed by atoms with Gasteiger partial charge in [0.15, 0.2) is 0 Å². The Bertz CT molecular complexity index is 123. The molecule has 1 heteroatoms. The predicted octanol–water partition coefficient (Wildman–Crippen LogP) is 3.71. The highest BCUT2D eigenvalue weighted by Gasteiger charge is 1.69. The Balaban J connectivity index is 0. The normalized spacial score (nSPS) is 7.10. The summed E-state index contributed by atoms with van der Waals surface area (Å²) >= 11 is 3.21. The molecule has 0 aromatic rings. The summed E-state index contributed by atoms with van der Waals surface area (Å²) in [6.45, 7) is 14.5. The molecule has 58 valence electrons. The average Bonchev–Trinajstić information content (AvgIpc) is 1.89. The van der Waals surface area contributed by atoms with Gasteiger partial charge in [0.05, 0.1) is 0 Å². The third-order valence-corrected chi connectivity index (χ3v) is 1.53. The summed E-state index contributed by atoms with van der Waals surface area (Å²) in [5.74, 6) is 0. The quantitative estimate of drug-likeness (QED) is 0.364. The van der Waals surface area contributed by atoms with Crippen LogP contribution in [0.4, 0.5) is 0 Å². The van der Waals surface area contributed by atoms with Gasteiger partial charge in [-0.3, -0.25) is 0 Å². The maximum atomic E-state index is 3.63. The van der Waals surface area contributed by atoms with Gasteiger partial charge < -0.3 is 0 Å². The van der Waals surface area contributed by atoms with Gasteiger partial charge >= 0.3 is 0 Å². The van der Waals surface area contributed by atoms with Crippen LogP contribution in [0.1, 0.15) is 13.8 Å². The Labute approximate surface area is 72.5 Å². The first-order chi connectivity index (χ1) is 4.54. The SMILES string of the molecule is C=C(C)CBr.C=CC(=C)C. The van der Waals surface area contributed by atoms with Gasteiger partial charge in [0, 0.05) is 5.33 Å². The zero-order valence-corrected chi connectivity index (χ0v) is 8.37. The second-order valence-corrected chi connectivity index (χ2v) is 2.70. The van der Waals surface area contributed by atoms with Gasteiger partial charge in [-0.15, -0.1) is 0 Å². The maximum Gasteiger partial charge on any atom is 0.0236 e. The molecule has 0 N–H and O–H groups in total. The van der Waals surface area contributed by atoms with Crippen molar-refractivity contribution in [2.45, 2.75) is 13.8 Å². The minimum atomic E-state index is 0.924. The van der Waals surface area contributed by atoms with Crippen LogP contribution in [0.3, 0.4) is 0 Å². The summed E-state index contributed by atoms with van der Waals surface area (Å²) < 4.78 is 0. The highest BCUT2D eigenvalue weighted by Crippen LogP contribution is 1.89. The predicted molar refractivity (Wildman–Crippen MR) is 53.6 cm³/mol. The van der Waals surface area contributed by atoms with E-state index in [-0.39, 0.29) is 0 Å². The van der Waals surface area contributed by atoms with Gasteiger partial charge in [-0.25, -0.2) is 0 Å². The summed E-state index contributed by atoms with van der Waals surface area (Å²) in [5, 5.41) is 0.924. The highest BCUT2D eigenvalue weighted by atomic mass is 79.9. The summed E-state index contributed by atoms with van der Waals surface area (Å²) in [6, 6.07) is 0. The first kappa shape index (κ1) is 12.4. The number of hydrogen-bond acceptors (Lipinski definition) is 0. The Hall–Kier alpha value is -0.300. The molecular formula is C9H15Br. The third kappa shape index (κ3) is 25.2. The summed E-state index contributed by atoms with van der Waals surface area (Å²) in [6.07, 6.45) is 1.72. The molecule has 0 spiro atoms. The molecule has 10 heavy (non-hydrogen) atoms. The Morgan fingerprint density at radius 3 is 1.60 bits per heavy atom. The molecule has 0 saturated heterocycles. The molecular weight excluding hydrogens is 188 g/mol. The zero-order chi connectivity index (χ0) is 8.57. The minimum absolute atomic E-state index is 0.924. The number of halogens is 1. The molecule has 0 aromatic carbocycles. The topological polar surface area (TPSA) is 0 Å². The van der Waals surface area contributed by atoms with Crippen LogP contribution in [0.2, 0.25) is 0 Å². The summed E-state index contributed by atoms with van der Waals surface area (Å²) in [7, 11) is 0. The Morgan fingerprint density at radius 2 is 1.60 bits per heavy atom.